The molecule has 1 atom stereocenters. The first kappa shape index (κ1) is 12.0. The molecule has 0 spiro atoms. The third-order valence-corrected chi connectivity index (χ3v) is 2.14. The van der Waals surface area contributed by atoms with Crippen molar-refractivity contribution in [2.75, 3.05) is 32.1 Å². The van der Waals surface area contributed by atoms with Gasteiger partial charge in [-0.3, -0.25) is 0 Å². The molecular formula is C12H20N2O. The highest BCUT2D eigenvalue weighted by atomic mass is 16.5. The van der Waals surface area contributed by atoms with Crippen LogP contribution in [-0.2, 0) is 4.74 Å². The summed E-state index contributed by atoms with van der Waals surface area (Å²) in [7, 11) is 1.72. The molecule has 0 bridgehead atoms. The first-order valence-electron chi connectivity index (χ1n) is 5.34. The zero-order valence-electron chi connectivity index (χ0n) is 9.49. The molecule has 0 aliphatic heterocycles. The number of ether oxygens (including phenoxy) is 1. The third kappa shape index (κ3) is 5.40. The second kappa shape index (κ2) is 7.26. The molecule has 0 aromatic heterocycles. The Morgan fingerprint density at radius 3 is 2.60 bits per heavy atom. The molecule has 84 valence electrons. The van der Waals surface area contributed by atoms with Crippen LogP contribution in [-0.4, -0.2) is 32.8 Å². The van der Waals surface area contributed by atoms with Gasteiger partial charge in [0.15, 0.2) is 0 Å². The maximum absolute atomic E-state index is 5.04. The van der Waals surface area contributed by atoms with E-state index in [1.165, 1.54) is 5.69 Å². The molecule has 3 nitrogen and oxygen atoms in total. The van der Waals surface area contributed by atoms with Crippen molar-refractivity contribution >= 4 is 5.69 Å². The molecule has 2 N–H and O–H groups in total. The van der Waals surface area contributed by atoms with Crippen LogP contribution in [0.15, 0.2) is 30.3 Å². The predicted octanol–water partition coefficient (Wildman–Crippen LogP) is 1.72. The highest BCUT2D eigenvalue weighted by Gasteiger charge is 1.98. The van der Waals surface area contributed by atoms with Crippen molar-refractivity contribution in [2.45, 2.75) is 13.0 Å². The van der Waals surface area contributed by atoms with E-state index in [2.05, 4.69) is 29.7 Å². The van der Waals surface area contributed by atoms with Crippen LogP contribution in [0.25, 0.3) is 0 Å². The molecule has 0 saturated carbocycles. The van der Waals surface area contributed by atoms with E-state index in [-0.39, 0.29) is 0 Å². The van der Waals surface area contributed by atoms with Gasteiger partial charge in [-0.15, -0.1) is 0 Å². The fourth-order valence-electron chi connectivity index (χ4n) is 1.39. The minimum absolute atomic E-state index is 0.410. The van der Waals surface area contributed by atoms with E-state index in [4.69, 9.17) is 4.74 Å². The Morgan fingerprint density at radius 2 is 1.93 bits per heavy atom. The molecule has 0 amide bonds. The lowest BCUT2D eigenvalue weighted by atomic mass is 10.3. The molecule has 3 heteroatoms. The minimum atomic E-state index is 0.410. The van der Waals surface area contributed by atoms with E-state index in [0.717, 1.165) is 19.7 Å². The van der Waals surface area contributed by atoms with Crippen LogP contribution in [0.2, 0.25) is 0 Å². The predicted molar refractivity (Wildman–Crippen MR) is 64.3 cm³/mol. The standard InChI is InChI=1S/C12H20N2O/c1-11(10-15-2)13-8-9-14-12-6-4-3-5-7-12/h3-7,11,13-14H,8-10H2,1-2H3. The molecule has 0 saturated heterocycles. The lowest BCUT2D eigenvalue weighted by Crippen LogP contribution is -2.33. The molecule has 0 fully saturated rings. The van der Waals surface area contributed by atoms with Gasteiger partial charge in [0, 0.05) is 31.9 Å². The lowest BCUT2D eigenvalue weighted by Gasteiger charge is -2.13. The van der Waals surface area contributed by atoms with Gasteiger partial charge in [0.1, 0.15) is 0 Å². The SMILES string of the molecule is COCC(C)NCCNc1ccccc1. The summed E-state index contributed by atoms with van der Waals surface area (Å²) in [4.78, 5) is 0. The van der Waals surface area contributed by atoms with Crippen molar-refractivity contribution in [1.29, 1.82) is 0 Å². The highest BCUT2D eigenvalue weighted by molar-refractivity contribution is 5.42. The Morgan fingerprint density at radius 1 is 1.20 bits per heavy atom. The van der Waals surface area contributed by atoms with Gasteiger partial charge in [-0.05, 0) is 19.1 Å². The van der Waals surface area contributed by atoms with E-state index < -0.39 is 0 Å². The number of hydrogen-bond acceptors (Lipinski definition) is 3. The van der Waals surface area contributed by atoms with Crippen molar-refractivity contribution in [3.05, 3.63) is 30.3 Å². The van der Waals surface area contributed by atoms with Gasteiger partial charge in [0.2, 0.25) is 0 Å². The summed E-state index contributed by atoms with van der Waals surface area (Å²) < 4.78 is 5.04. The second-order valence-electron chi connectivity index (χ2n) is 3.60. The number of benzene rings is 1. The monoisotopic (exact) mass is 208 g/mol. The molecule has 1 rings (SSSR count). The van der Waals surface area contributed by atoms with Crippen LogP contribution in [0.3, 0.4) is 0 Å². The summed E-state index contributed by atoms with van der Waals surface area (Å²) in [6.45, 7) is 4.74. The quantitative estimate of drug-likeness (QED) is 0.669. The first-order chi connectivity index (χ1) is 7.33. The highest BCUT2D eigenvalue weighted by Crippen LogP contribution is 2.03. The summed E-state index contributed by atoms with van der Waals surface area (Å²) in [5.41, 5.74) is 1.17. The summed E-state index contributed by atoms with van der Waals surface area (Å²) in [6, 6.07) is 10.6. The van der Waals surface area contributed by atoms with Crippen LogP contribution >= 0.6 is 0 Å². The zero-order valence-corrected chi connectivity index (χ0v) is 9.49. The molecule has 15 heavy (non-hydrogen) atoms. The zero-order chi connectivity index (χ0) is 10.9. The maximum atomic E-state index is 5.04. The Balaban J connectivity index is 2.07. The normalized spacial score (nSPS) is 12.4. The van der Waals surface area contributed by atoms with Crippen LogP contribution in [0.1, 0.15) is 6.92 Å². The Labute approximate surface area is 91.8 Å². The van der Waals surface area contributed by atoms with Crippen LogP contribution in [0, 0.1) is 0 Å². The van der Waals surface area contributed by atoms with E-state index in [0.29, 0.717) is 6.04 Å². The van der Waals surface area contributed by atoms with Gasteiger partial charge < -0.3 is 15.4 Å². The molecular weight excluding hydrogens is 188 g/mol. The fourth-order valence-corrected chi connectivity index (χ4v) is 1.39. The number of methoxy groups -OCH3 is 1. The summed E-state index contributed by atoms with van der Waals surface area (Å²) >= 11 is 0. The van der Waals surface area contributed by atoms with Gasteiger partial charge in [-0.25, -0.2) is 0 Å². The van der Waals surface area contributed by atoms with Crippen molar-refractivity contribution < 1.29 is 4.74 Å². The molecule has 0 radical (unpaired) electrons. The number of nitrogens with one attached hydrogen (secondary N) is 2. The molecule has 0 heterocycles. The van der Waals surface area contributed by atoms with E-state index >= 15 is 0 Å². The second-order valence-corrected chi connectivity index (χ2v) is 3.60. The average molecular weight is 208 g/mol. The van der Waals surface area contributed by atoms with Gasteiger partial charge in [-0.2, -0.15) is 0 Å². The summed E-state index contributed by atoms with van der Waals surface area (Å²) in [6.07, 6.45) is 0. The number of anilines is 1. The van der Waals surface area contributed by atoms with Gasteiger partial charge in [0.05, 0.1) is 6.61 Å². The Bertz CT molecular complexity index is 251. The van der Waals surface area contributed by atoms with Crippen molar-refractivity contribution in [2.24, 2.45) is 0 Å². The minimum Gasteiger partial charge on any atom is -0.384 e. The number of para-hydroxylation sites is 1. The molecule has 0 aliphatic carbocycles. The van der Waals surface area contributed by atoms with Crippen LogP contribution < -0.4 is 10.6 Å². The third-order valence-electron chi connectivity index (χ3n) is 2.14. The van der Waals surface area contributed by atoms with Crippen molar-refractivity contribution in [3.8, 4) is 0 Å². The maximum Gasteiger partial charge on any atom is 0.0613 e. The van der Waals surface area contributed by atoms with Crippen molar-refractivity contribution in [3.63, 3.8) is 0 Å². The van der Waals surface area contributed by atoms with Gasteiger partial charge in [-0.1, -0.05) is 18.2 Å². The summed E-state index contributed by atoms with van der Waals surface area (Å²) in [5, 5.41) is 6.71. The fraction of sp³-hybridized carbons (Fsp3) is 0.500. The molecule has 1 unspecified atom stereocenters. The van der Waals surface area contributed by atoms with E-state index in [9.17, 15) is 0 Å². The lowest BCUT2D eigenvalue weighted by molar-refractivity contribution is 0.173. The van der Waals surface area contributed by atoms with E-state index in [1.807, 2.05) is 18.2 Å². The van der Waals surface area contributed by atoms with Gasteiger partial charge >= 0.3 is 0 Å². The average Bonchev–Trinajstić information content (AvgIpc) is 2.26. The molecule has 0 aliphatic rings. The van der Waals surface area contributed by atoms with Crippen LogP contribution in [0.5, 0.6) is 0 Å². The number of hydrogen-bond donors (Lipinski definition) is 2. The van der Waals surface area contributed by atoms with Crippen molar-refractivity contribution in [1.82, 2.24) is 5.32 Å². The molecule has 1 aromatic rings. The summed E-state index contributed by atoms with van der Waals surface area (Å²) in [5.74, 6) is 0. The number of rotatable bonds is 7. The molecule has 1 aromatic carbocycles. The Kier molecular flexibility index (Phi) is 5.81. The first-order valence-corrected chi connectivity index (χ1v) is 5.34. The van der Waals surface area contributed by atoms with Gasteiger partial charge in [0.25, 0.3) is 0 Å². The van der Waals surface area contributed by atoms with Crippen LogP contribution in [0.4, 0.5) is 5.69 Å². The topological polar surface area (TPSA) is 33.3 Å². The van der Waals surface area contributed by atoms with E-state index in [1.54, 1.807) is 7.11 Å². The largest absolute Gasteiger partial charge is 0.384 e. The Hall–Kier alpha value is -1.06. The smallest absolute Gasteiger partial charge is 0.0613 e.